The van der Waals surface area contributed by atoms with E-state index < -0.39 is 0 Å². The molecule has 0 heterocycles. The van der Waals surface area contributed by atoms with Gasteiger partial charge in [-0.2, -0.15) is 0 Å². The Bertz CT molecular complexity index is 464. The molecule has 3 heteroatoms. The van der Waals surface area contributed by atoms with E-state index in [1.54, 1.807) is 13.2 Å². The molecule has 0 bridgehead atoms. The van der Waals surface area contributed by atoms with Crippen molar-refractivity contribution in [3.8, 4) is 5.75 Å². The highest BCUT2D eigenvalue weighted by Crippen LogP contribution is 2.23. The van der Waals surface area contributed by atoms with E-state index in [4.69, 9.17) is 4.74 Å². The predicted octanol–water partition coefficient (Wildman–Crippen LogP) is 3.40. The highest BCUT2D eigenvalue weighted by atomic mass is 16.5. The lowest BCUT2D eigenvalue weighted by atomic mass is 9.86. The number of hydrogen-bond acceptors (Lipinski definition) is 2. The van der Waals surface area contributed by atoms with Crippen LogP contribution in [0.25, 0.3) is 6.08 Å². The summed E-state index contributed by atoms with van der Waals surface area (Å²) in [5.41, 5.74) is 0.998. The minimum atomic E-state index is -0.000400. The Labute approximate surface area is 121 Å². The van der Waals surface area contributed by atoms with E-state index in [0.29, 0.717) is 12.0 Å². The quantitative estimate of drug-likeness (QED) is 0.854. The molecule has 1 amide bonds. The molecule has 1 aromatic carbocycles. The summed E-state index contributed by atoms with van der Waals surface area (Å²) in [4.78, 5) is 11.9. The second-order valence-electron chi connectivity index (χ2n) is 5.48. The normalized spacial score (nSPS) is 22.7. The molecule has 2 atom stereocenters. The van der Waals surface area contributed by atoms with Crippen molar-refractivity contribution in [2.75, 3.05) is 7.11 Å². The molecule has 1 fully saturated rings. The lowest BCUT2D eigenvalue weighted by Crippen LogP contribution is -2.40. The summed E-state index contributed by atoms with van der Waals surface area (Å²) in [6.07, 6.45) is 8.27. The summed E-state index contributed by atoms with van der Waals surface area (Å²) in [6.45, 7) is 2.22. The standard InChI is InChI=1S/C17H23NO2/c1-13-5-3-4-6-16(13)18-17(19)12-9-14-7-10-15(20-2)11-8-14/h7-13,16H,3-6H2,1-2H3,(H,18,19)/b12-9+/t13-,16-/m1/s1. The van der Waals surface area contributed by atoms with E-state index in [0.717, 1.165) is 17.7 Å². The van der Waals surface area contributed by atoms with Gasteiger partial charge in [-0.25, -0.2) is 0 Å². The molecule has 0 spiro atoms. The first-order valence-corrected chi connectivity index (χ1v) is 7.31. The molecule has 1 aliphatic carbocycles. The van der Waals surface area contributed by atoms with Crippen LogP contribution < -0.4 is 10.1 Å². The van der Waals surface area contributed by atoms with Crippen molar-refractivity contribution in [1.29, 1.82) is 0 Å². The van der Waals surface area contributed by atoms with E-state index in [2.05, 4.69) is 12.2 Å². The SMILES string of the molecule is COc1ccc(/C=C/C(=O)N[C@@H]2CCCC[C@H]2C)cc1. The summed E-state index contributed by atoms with van der Waals surface area (Å²) in [6, 6.07) is 7.98. The van der Waals surface area contributed by atoms with Crippen LogP contribution in [0.4, 0.5) is 0 Å². The molecular formula is C17H23NO2. The topological polar surface area (TPSA) is 38.3 Å². The molecule has 0 aliphatic heterocycles. The number of nitrogens with one attached hydrogen (secondary N) is 1. The van der Waals surface area contributed by atoms with Gasteiger partial charge >= 0.3 is 0 Å². The van der Waals surface area contributed by atoms with Gasteiger partial charge in [0.1, 0.15) is 5.75 Å². The summed E-state index contributed by atoms with van der Waals surface area (Å²) < 4.78 is 5.10. The minimum Gasteiger partial charge on any atom is -0.497 e. The predicted molar refractivity (Wildman–Crippen MR) is 81.6 cm³/mol. The number of amides is 1. The van der Waals surface area contributed by atoms with Gasteiger partial charge in [-0.05, 0) is 42.5 Å². The van der Waals surface area contributed by atoms with Gasteiger partial charge in [-0.1, -0.05) is 31.9 Å². The Hall–Kier alpha value is -1.77. The average molecular weight is 273 g/mol. The Balaban J connectivity index is 1.87. The molecule has 1 saturated carbocycles. The van der Waals surface area contributed by atoms with Gasteiger partial charge in [0.2, 0.25) is 5.91 Å². The lowest BCUT2D eigenvalue weighted by molar-refractivity contribution is -0.117. The zero-order valence-electron chi connectivity index (χ0n) is 12.3. The van der Waals surface area contributed by atoms with Crippen molar-refractivity contribution >= 4 is 12.0 Å². The van der Waals surface area contributed by atoms with Gasteiger partial charge < -0.3 is 10.1 Å². The van der Waals surface area contributed by atoms with Crippen molar-refractivity contribution in [3.63, 3.8) is 0 Å². The monoisotopic (exact) mass is 273 g/mol. The van der Waals surface area contributed by atoms with Crippen LogP contribution in [0, 0.1) is 5.92 Å². The number of carbonyl (C=O) groups excluding carboxylic acids is 1. The summed E-state index contributed by atoms with van der Waals surface area (Å²) in [5.74, 6) is 1.41. The van der Waals surface area contributed by atoms with Gasteiger partial charge in [-0.15, -0.1) is 0 Å². The molecule has 0 radical (unpaired) electrons. The molecular weight excluding hydrogens is 250 g/mol. The number of benzene rings is 1. The first kappa shape index (κ1) is 14.6. The van der Waals surface area contributed by atoms with Gasteiger partial charge in [0.05, 0.1) is 7.11 Å². The van der Waals surface area contributed by atoms with Gasteiger partial charge in [0, 0.05) is 12.1 Å². The largest absolute Gasteiger partial charge is 0.497 e. The molecule has 0 unspecified atom stereocenters. The summed E-state index contributed by atoms with van der Waals surface area (Å²) >= 11 is 0. The highest BCUT2D eigenvalue weighted by molar-refractivity contribution is 5.91. The van der Waals surface area contributed by atoms with Crippen molar-refractivity contribution in [3.05, 3.63) is 35.9 Å². The minimum absolute atomic E-state index is 0.000400. The van der Waals surface area contributed by atoms with Crippen LogP contribution in [0.3, 0.4) is 0 Å². The van der Waals surface area contributed by atoms with Gasteiger partial charge in [0.25, 0.3) is 0 Å². The van der Waals surface area contributed by atoms with Crippen LogP contribution in [0.15, 0.2) is 30.3 Å². The van der Waals surface area contributed by atoms with Crippen LogP contribution in [0.5, 0.6) is 5.75 Å². The molecule has 1 aromatic rings. The van der Waals surface area contributed by atoms with E-state index in [-0.39, 0.29) is 5.91 Å². The van der Waals surface area contributed by atoms with Crippen LogP contribution in [-0.2, 0) is 4.79 Å². The fourth-order valence-electron chi connectivity index (χ4n) is 2.65. The Kier molecular flexibility index (Phi) is 5.22. The molecule has 0 aromatic heterocycles. The molecule has 20 heavy (non-hydrogen) atoms. The zero-order chi connectivity index (χ0) is 14.4. The average Bonchev–Trinajstić information content (AvgIpc) is 2.48. The second-order valence-corrected chi connectivity index (χ2v) is 5.48. The Morgan fingerprint density at radius 1 is 1.25 bits per heavy atom. The van der Waals surface area contributed by atoms with Crippen LogP contribution >= 0.6 is 0 Å². The van der Waals surface area contributed by atoms with Crippen LogP contribution in [0.2, 0.25) is 0 Å². The van der Waals surface area contributed by atoms with Crippen molar-refractivity contribution in [2.45, 2.75) is 38.6 Å². The molecule has 1 N–H and O–H groups in total. The number of ether oxygens (including phenoxy) is 1. The maximum Gasteiger partial charge on any atom is 0.244 e. The highest BCUT2D eigenvalue weighted by Gasteiger charge is 2.21. The lowest BCUT2D eigenvalue weighted by Gasteiger charge is -2.29. The number of carbonyl (C=O) groups is 1. The van der Waals surface area contributed by atoms with Crippen molar-refractivity contribution < 1.29 is 9.53 Å². The van der Waals surface area contributed by atoms with Crippen molar-refractivity contribution in [2.24, 2.45) is 5.92 Å². The summed E-state index contributed by atoms with van der Waals surface area (Å²) in [7, 11) is 1.64. The molecule has 2 rings (SSSR count). The van der Waals surface area contributed by atoms with Crippen molar-refractivity contribution in [1.82, 2.24) is 5.32 Å². The number of methoxy groups -OCH3 is 1. The maximum absolute atomic E-state index is 11.9. The number of rotatable bonds is 4. The third kappa shape index (κ3) is 4.12. The first-order valence-electron chi connectivity index (χ1n) is 7.31. The second kappa shape index (κ2) is 7.13. The molecule has 0 saturated heterocycles. The van der Waals surface area contributed by atoms with Crippen LogP contribution in [0.1, 0.15) is 38.2 Å². The first-order chi connectivity index (χ1) is 9.69. The molecule has 3 nitrogen and oxygen atoms in total. The summed E-state index contributed by atoms with van der Waals surface area (Å²) in [5, 5.41) is 3.11. The van der Waals surface area contributed by atoms with E-state index in [1.165, 1.54) is 19.3 Å². The Morgan fingerprint density at radius 2 is 1.95 bits per heavy atom. The van der Waals surface area contributed by atoms with E-state index in [1.807, 2.05) is 30.3 Å². The fourth-order valence-corrected chi connectivity index (χ4v) is 2.65. The zero-order valence-corrected chi connectivity index (χ0v) is 12.3. The third-order valence-corrected chi connectivity index (χ3v) is 3.98. The Morgan fingerprint density at radius 3 is 2.60 bits per heavy atom. The van der Waals surface area contributed by atoms with E-state index >= 15 is 0 Å². The smallest absolute Gasteiger partial charge is 0.244 e. The fraction of sp³-hybridized carbons (Fsp3) is 0.471. The number of hydrogen-bond donors (Lipinski definition) is 1. The molecule has 108 valence electrons. The maximum atomic E-state index is 11.9. The third-order valence-electron chi connectivity index (χ3n) is 3.98. The molecule has 1 aliphatic rings. The van der Waals surface area contributed by atoms with E-state index in [9.17, 15) is 4.79 Å². The van der Waals surface area contributed by atoms with Gasteiger partial charge in [0.15, 0.2) is 0 Å². The van der Waals surface area contributed by atoms with Gasteiger partial charge in [-0.3, -0.25) is 4.79 Å². The van der Waals surface area contributed by atoms with Crippen LogP contribution in [-0.4, -0.2) is 19.1 Å².